The van der Waals surface area contributed by atoms with Gasteiger partial charge in [-0.25, -0.2) is 4.39 Å². The first-order valence-electron chi connectivity index (χ1n) is 5.60. The summed E-state index contributed by atoms with van der Waals surface area (Å²) >= 11 is 0. The fourth-order valence-corrected chi connectivity index (χ4v) is 1.89. The second-order valence-electron chi connectivity index (χ2n) is 4.27. The molecule has 0 radical (unpaired) electrons. The number of halogens is 1. The third-order valence-corrected chi connectivity index (χ3v) is 2.91. The molecule has 0 aliphatic carbocycles. The van der Waals surface area contributed by atoms with E-state index in [1.165, 1.54) is 12.1 Å². The molecule has 0 saturated heterocycles. The molecule has 0 fully saturated rings. The van der Waals surface area contributed by atoms with Crippen molar-refractivity contribution >= 4 is 0 Å². The Bertz CT molecular complexity index is 555. The van der Waals surface area contributed by atoms with Crippen molar-refractivity contribution in [2.75, 3.05) is 7.11 Å². The summed E-state index contributed by atoms with van der Waals surface area (Å²) in [5.41, 5.74) is 6.62. The molecule has 3 nitrogen and oxygen atoms in total. The highest BCUT2D eigenvalue weighted by Crippen LogP contribution is 2.31. The number of nitrogens with two attached hydrogens (primary N) is 1. The Kier molecular flexibility index (Phi) is 3.30. The van der Waals surface area contributed by atoms with Gasteiger partial charge in [0.25, 0.3) is 0 Å². The Labute approximate surface area is 105 Å². The molecule has 0 aliphatic rings. The Balaban J connectivity index is 2.54. The van der Waals surface area contributed by atoms with Crippen molar-refractivity contribution in [1.82, 2.24) is 4.98 Å². The largest absolute Gasteiger partial charge is 0.495 e. The van der Waals surface area contributed by atoms with Gasteiger partial charge in [0.1, 0.15) is 17.3 Å². The van der Waals surface area contributed by atoms with Crippen molar-refractivity contribution in [3.63, 3.8) is 0 Å². The third-order valence-electron chi connectivity index (χ3n) is 2.91. The van der Waals surface area contributed by atoms with Gasteiger partial charge in [0.2, 0.25) is 0 Å². The zero-order chi connectivity index (χ0) is 13.2. The molecule has 4 heteroatoms. The van der Waals surface area contributed by atoms with Crippen molar-refractivity contribution in [3.05, 3.63) is 59.7 Å². The van der Waals surface area contributed by atoms with Crippen LogP contribution in [-0.2, 0) is 5.54 Å². The predicted octanol–water partition coefficient (Wildman–Crippen LogP) is 2.45. The summed E-state index contributed by atoms with van der Waals surface area (Å²) in [7, 11) is 1.56. The topological polar surface area (TPSA) is 48.1 Å². The summed E-state index contributed by atoms with van der Waals surface area (Å²) in [4.78, 5) is 4.25. The average Bonchev–Trinajstić information content (AvgIpc) is 2.38. The van der Waals surface area contributed by atoms with E-state index in [2.05, 4.69) is 4.98 Å². The second kappa shape index (κ2) is 4.74. The molecular weight excluding hydrogens is 231 g/mol. The van der Waals surface area contributed by atoms with E-state index in [0.717, 1.165) is 0 Å². The van der Waals surface area contributed by atoms with Crippen LogP contribution in [0.25, 0.3) is 0 Å². The normalized spacial score (nSPS) is 14.0. The maximum Gasteiger partial charge on any atom is 0.142 e. The lowest BCUT2D eigenvalue weighted by molar-refractivity contribution is 0.393. The standard InChI is InChI=1S/C14H15FN2O/c1-14(16,10-5-3-6-11(15)9-10)13-12(18-2)7-4-8-17-13/h3-9H,16H2,1-2H3. The van der Waals surface area contributed by atoms with Crippen molar-refractivity contribution in [2.45, 2.75) is 12.5 Å². The van der Waals surface area contributed by atoms with Crippen LogP contribution >= 0.6 is 0 Å². The number of ether oxygens (including phenoxy) is 1. The number of benzene rings is 1. The molecule has 0 bridgehead atoms. The van der Waals surface area contributed by atoms with E-state index in [1.54, 1.807) is 44.5 Å². The molecule has 1 heterocycles. The van der Waals surface area contributed by atoms with Crippen LogP contribution in [0.15, 0.2) is 42.6 Å². The van der Waals surface area contributed by atoms with Crippen LogP contribution in [-0.4, -0.2) is 12.1 Å². The highest BCUT2D eigenvalue weighted by atomic mass is 19.1. The van der Waals surface area contributed by atoms with Gasteiger partial charge in [-0.1, -0.05) is 12.1 Å². The Morgan fingerprint density at radius 3 is 2.72 bits per heavy atom. The highest BCUT2D eigenvalue weighted by molar-refractivity contribution is 5.41. The van der Waals surface area contributed by atoms with Gasteiger partial charge >= 0.3 is 0 Å². The zero-order valence-corrected chi connectivity index (χ0v) is 10.4. The van der Waals surface area contributed by atoms with Crippen LogP contribution in [0.1, 0.15) is 18.2 Å². The SMILES string of the molecule is COc1cccnc1C(C)(N)c1cccc(F)c1. The zero-order valence-electron chi connectivity index (χ0n) is 10.4. The number of hydrogen-bond acceptors (Lipinski definition) is 3. The van der Waals surface area contributed by atoms with Crippen LogP contribution in [0, 0.1) is 5.82 Å². The van der Waals surface area contributed by atoms with Crippen LogP contribution in [0.3, 0.4) is 0 Å². The quantitative estimate of drug-likeness (QED) is 0.905. The smallest absolute Gasteiger partial charge is 0.142 e. The molecular formula is C14H15FN2O. The van der Waals surface area contributed by atoms with Crippen LogP contribution in [0.4, 0.5) is 4.39 Å². The first-order valence-corrected chi connectivity index (χ1v) is 5.60. The lowest BCUT2D eigenvalue weighted by Gasteiger charge is -2.26. The molecule has 2 N–H and O–H groups in total. The number of nitrogens with zero attached hydrogens (tertiary/aromatic N) is 1. The van der Waals surface area contributed by atoms with Crippen LogP contribution < -0.4 is 10.5 Å². The molecule has 0 saturated carbocycles. The summed E-state index contributed by atoms with van der Waals surface area (Å²) in [6.45, 7) is 1.78. The van der Waals surface area contributed by atoms with Gasteiger partial charge in [-0.3, -0.25) is 4.98 Å². The number of hydrogen-bond donors (Lipinski definition) is 1. The van der Waals surface area contributed by atoms with Gasteiger partial charge < -0.3 is 10.5 Å². The van der Waals surface area contributed by atoms with Crippen molar-refractivity contribution in [3.8, 4) is 5.75 Å². The van der Waals surface area contributed by atoms with E-state index in [-0.39, 0.29) is 5.82 Å². The van der Waals surface area contributed by atoms with Gasteiger partial charge in [-0.15, -0.1) is 0 Å². The summed E-state index contributed by atoms with van der Waals surface area (Å²) < 4.78 is 18.5. The minimum atomic E-state index is -0.908. The second-order valence-corrected chi connectivity index (χ2v) is 4.27. The van der Waals surface area contributed by atoms with Gasteiger partial charge in [0.05, 0.1) is 12.6 Å². The van der Waals surface area contributed by atoms with E-state index in [1.807, 2.05) is 0 Å². The van der Waals surface area contributed by atoms with Crippen molar-refractivity contribution in [1.29, 1.82) is 0 Å². The highest BCUT2D eigenvalue weighted by Gasteiger charge is 2.29. The number of methoxy groups -OCH3 is 1. The molecule has 1 unspecified atom stereocenters. The van der Waals surface area contributed by atoms with Gasteiger partial charge in [-0.2, -0.15) is 0 Å². The molecule has 2 aromatic rings. The van der Waals surface area contributed by atoms with Crippen molar-refractivity contribution in [2.24, 2.45) is 5.73 Å². The van der Waals surface area contributed by atoms with Crippen LogP contribution in [0.2, 0.25) is 0 Å². The van der Waals surface area contributed by atoms with Gasteiger partial charge in [0, 0.05) is 6.20 Å². The minimum absolute atomic E-state index is 0.320. The lowest BCUT2D eigenvalue weighted by atomic mass is 9.88. The average molecular weight is 246 g/mol. The van der Waals surface area contributed by atoms with E-state index in [4.69, 9.17) is 10.5 Å². The first kappa shape index (κ1) is 12.5. The molecule has 0 spiro atoms. The summed E-state index contributed by atoms with van der Waals surface area (Å²) in [5.74, 6) is 0.269. The fourth-order valence-electron chi connectivity index (χ4n) is 1.89. The van der Waals surface area contributed by atoms with E-state index in [9.17, 15) is 4.39 Å². The Morgan fingerprint density at radius 2 is 2.06 bits per heavy atom. The molecule has 0 aliphatic heterocycles. The monoisotopic (exact) mass is 246 g/mol. The summed E-state index contributed by atoms with van der Waals surface area (Å²) in [5, 5.41) is 0. The number of aromatic nitrogens is 1. The maximum absolute atomic E-state index is 13.3. The molecule has 0 amide bonds. The molecule has 94 valence electrons. The Hall–Kier alpha value is -1.94. The number of rotatable bonds is 3. The van der Waals surface area contributed by atoms with Gasteiger partial charge in [0.15, 0.2) is 0 Å². The van der Waals surface area contributed by atoms with Crippen LogP contribution in [0.5, 0.6) is 5.75 Å². The maximum atomic E-state index is 13.3. The molecule has 1 aromatic heterocycles. The summed E-state index contributed by atoms with van der Waals surface area (Å²) in [6.07, 6.45) is 1.64. The molecule has 18 heavy (non-hydrogen) atoms. The predicted molar refractivity (Wildman–Crippen MR) is 67.8 cm³/mol. The minimum Gasteiger partial charge on any atom is -0.495 e. The van der Waals surface area contributed by atoms with E-state index < -0.39 is 5.54 Å². The van der Waals surface area contributed by atoms with E-state index in [0.29, 0.717) is 17.0 Å². The molecule has 1 atom stereocenters. The van der Waals surface area contributed by atoms with Crippen molar-refractivity contribution < 1.29 is 9.13 Å². The first-order chi connectivity index (χ1) is 8.55. The van der Waals surface area contributed by atoms with Gasteiger partial charge in [-0.05, 0) is 36.8 Å². The summed E-state index contributed by atoms with van der Waals surface area (Å²) in [6, 6.07) is 9.75. The number of pyridine rings is 1. The third kappa shape index (κ3) is 2.19. The van der Waals surface area contributed by atoms with E-state index >= 15 is 0 Å². The Morgan fingerprint density at radius 1 is 1.28 bits per heavy atom. The lowest BCUT2D eigenvalue weighted by Crippen LogP contribution is -2.35. The fraction of sp³-hybridized carbons (Fsp3) is 0.214. The molecule has 2 rings (SSSR count). The molecule has 1 aromatic carbocycles.